The topological polar surface area (TPSA) is 74.5 Å². The van der Waals surface area contributed by atoms with Crippen molar-refractivity contribution in [1.82, 2.24) is 15.1 Å². The van der Waals surface area contributed by atoms with Crippen LogP contribution in [0.1, 0.15) is 12.5 Å². The first-order chi connectivity index (χ1) is 18.3. The molecular weight excluding hydrogens is 515 g/mol. The maximum absolute atomic E-state index is 13.4. The van der Waals surface area contributed by atoms with Crippen LogP contribution in [-0.2, 0) is 11.0 Å². The summed E-state index contributed by atoms with van der Waals surface area (Å²) in [4.78, 5) is 17.1. The number of hydrogen-bond acceptors (Lipinski definition) is 7. The van der Waals surface area contributed by atoms with E-state index in [1.165, 1.54) is 6.07 Å². The van der Waals surface area contributed by atoms with Gasteiger partial charge in [-0.25, -0.2) is 0 Å². The number of nitrogens with one attached hydrogen (secondary N) is 1. The highest BCUT2D eigenvalue weighted by molar-refractivity contribution is 7.99. The number of alkyl halides is 3. The standard InChI is InChI=1S/C27H26F3N5O2S/c1-2-34-12-14-35(15-13-34)23-11-10-19(27(28,29)30)16-22(23)31-24(36)17-38-26-33-32-25(37-26)21-9-5-7-18-6-3-4-8-20(18)21/h3-11,16H,2,12-15,17H2,1H3,(H,31,36). The number of carbonyl (C=O) groups excluding carboxylic acids is 1. The molecule has 0 radical (unpaired) electrons. The van der Waals surface area contributed by atoms with Crippen LogP contribution < -0.4 is 10.2 Å². The second-order valence-electron chi connectivity index (χ2n) is 8.89. The molecule has 1 aliphatic rings. The number of rotatable bonds is 7. The van der Waals surface area contributed by atoms with Crippen molar-refractivity contribution in [2.75, 3.05) is 48.7 Å². The Kier molecular flexibility index (Phi) is 7.57. The number of piperazine rings is 1. The third-order valence-corrected chi connectivity index (χ3v) is 7.33. The van der Waals surface area contributed by atoms with Crippen LogP contribution >= 0.6 is 11.8 Å². The largest absolute Gasteiger partial charge is 0.416 e. The molecule has 38 heavy (non-hydrogen) atoms. The number of likely N-dealkylation sites (N-methyl/N-ethyl adjacent to an activating group) is 1. The van der Waals surface area contributed by atoms with E-state index in [9.17, 15) is 18.0 Å². The smallest absolute Gasteiger partial charge is 0.411 e. The van der Waals surface area contributed by atoms with Crippen molar-refractivity contribution >= 4 is 39.8 Å². The van der Waals surface area contributed by atoms with Gasteiger partial charge in [-0.3, -0.25) is 4.79 Å². The zero-order valence-electron chi connectivity index (χ0n) is 20.7. The van der Waals surface area contributed by atoms with E-state index >= 15 is 0 Å². The Bertz CT molecular complexity index is 1430. The van der Waals surface area contributed by atoms with Crippen molar-refractivity contribution < 1.29 is 22.4 Å². The molecule has 4 aromatic rings. The van der Waals surface area contributed by atoms with Crippen LogP contribution in [0.3, 0.4) is 0 Å². The van der Waals surface area contributed by atoms with Crippen molar-refractivity contribution in [3.63, 3.8) is 0 Å². The molecule has 1 fully saturated rings. The molecule has 0 aliphatic carbocycles. The van der Waals surface area contributed by atoms with Gasteiger partial charge in [0.25, 0.3) is 5.22 Å². The predicted octanol–water partition coefficient (Wildman–Crippen LogP) is 5.78. The van der Waals surface area contributed by atoms with Gasteiger partial charge in [-0.05, 0) is 41.6 Å². The van der Waals surface area contributed by atoms with E-state index < -0.39 is 17.6 Å². The fourth-order valence-electron chi connectivity index (χ4n) is 4.50. The summed E-state index contributed by atoms with van der Waals surface area (Å²) in [6.45, 7) is 5.92. The molecule has 11 heteroatoms. The van der Waals surface area contributed by atoms with E-state index in [0.717, 1.165) is 59.9 Å². The molecule has 1 aliphatic heterocycles. The minimum Gasteiger partial charge on any atom is -0.411 e. The van der Waals surface area contributed by atoms with Gasteiger partial charge in [-0.2, -0.15) is 13.2 Å². The number of benzene rings is 3. The summed E-state index contributed by atoms with van der Waals surface area (Å²) < 4.78 is 46.0. The van der Waals surface area contributed by atoms with Crippen LogP contribution in [0.2, 0.25) is 0 Å². The first-order valence-electron chi connectivity index (χ1n) is 12.2. The molecule has 1 saturated heterocycles. The number of amides is 1. The molecule has 0 bridgehead atoms. The van der Waals surface area contributed by atoms with Crippen molar-refractivity contribution in [2.24, 2.45) is 0 Å². The Hall–Kier alpha value is -3.57. The molecule has 0 unspecified atom stereocenters. The van der Waals surface area contributed by atoms with Crippen molar-refractivity contribution in [2.45, 2.75) is 18.3 Å². The number of nitrogens with zero attached hydrogens (tertiary/aromatic N) is 4. The van der Waals surface area contributed by atoms with Gasteiger partial charge in [-0.1, -0.05) is 55.1 Å². The quantitative estimate of drug-likeness (QED) is 0.297. The summed E-state index contributed by atoms with van der Waals surface area (Å²) in [5.74, 6) is -0.236. The number of halogens is 3. The fourth-order valence-corrected chi connectivity index (χ4v) is 5.06. The van der Waals surface area contributed by atoms with Gasteiger partial charge in [0.05, 0.1) is 22.7 Å². The number of anilines is 2. The average Bonchev–Trinajstić information content (AvgIpc) is 3.40. The van der Waals surface area contributed by atoms with Gasteiger partial charge in [0, 0.05) is 31.7 Å². The molecule has 3 aromatic carbocycles. The maximum Gasteiger partial charge on any atom is 0.416 e. The van der Waals surface area contributed by atoms with Gasteiger partial charge in [-0.15, -0.1) is 10.2 Å². The summed E-state index contributed by atoms with van der Waals surface area (Å²) in [6.07, 6.45) is -4.52. The Morgan fingerprint density at radius 1 is 1.03 bits per heavy atom. The lowest BCUT2D eigenvalue weighted by molar-refractivity contribution is -0.137. The molecule has 1 aromatic heterocycles. The third-order valence-electron chi connectivity index (χ3n) is 6.51. The Labute approximate surface area is 222 Å². The molecule has 2 heterocycles. The van der Waals surface area contributed by atoms with Gasteiger partial charge < -0.3 is 19.5 Å². The Morgan fingerprint density at radius 2 is 1.79 bits per heavy atom. The van der Waals surface area contributed by atoms with E-state index in [2.05, 4.69) is 27.3 Å². The van der Waals surface area contributed by atoms with E-state index in [-0.39, 0.29) is 16.7 Å². The third kappa shape index (κ3) is 5.78. The van der Waals surface area contributed by atoms with Gasteiger partial charge >= 0.3 is 6.18 Å². The van der Waals surface area contributed by atoms with E-state index in [1.807, 2.05) is 47.4 Å². The molecule has 5 rings (SSSR count). The number of thioether (sulfide) groups is 1. The van der Waals surface area contributed by atoms with E-state index in [4.69, 9.17) is 4.42 Å². The second kappa shape index (κ2) is 11.0. The highest BCUT2D eigenvalue weighted by Gasteiger charge is 2.32. The molecule has 198 valence electrons. The number of aromatic nitrogens is 2. The minimum atomic E-state index is -4.52. The molecule has 7 nitrogen and oxygen atoms in total. The number of carbonyl (C=O) groups is 1. The zero-order chi connectivity index (χ0) is 26.7. The second-order valence-corrected chi connectivity index (χ2v) is 9.81. The lowest BCUT2D eigenvalue weighted by atomic mass is 10.0. The zero-order valence-corrected chi connectivity index (χ0v) is 21.5. The van der Waals surface area contributed by atoms with E-state index in [0.29, 0.717) is 24.7 Å². The highest BCUT2D eigenvalue weighted by Crippen LogP contribution is 2.36. The van der Waals surface area contributed by atoms with Crippen molar-refractivity contribution in [1.29, 1.82) is 0 Å². The van der Waals surface area contributed by atoms with Crippen molar-refractivity contribution in [3.8, 4) is 11.5 Å². The summed E-state index contributed by atoms with van der Waals surface area (Å²) in [7, 11) is 0. The van der Waals surface area contributed by atoms with Crippen LogP contribution in [-0.4, -0.2) is 59.5 Å². The Morgan fingerprint density at radius 3 is 2.55 bits per heavy atom. The van der Waals surface area contributed by atoms with Crippen LogP contribution in [0.5, 0.6) is 0 Å². The summed E-state index contributed by atoms with van der Waals surface area (Å²) >= 11 is 1.03. The van der Waals surface area contributed by atoms with Gasteiger partial charge in [0.2, 0.25) is 11.8 Å². The molecule has 1 N–H and O–H groups in total. The summed E-state index contributed by atoms with van der Waals surface area (Å²) in [6, 6.07) is 17.1. The number of hydrogen-bond donors (Lipinski definition) is 1. The minimum absolute atomic E-state index is 0.101. The van der Waals surface area contributed by atoms with Gasteiger partial charge in [0.1, 0.15) is 0 Å². The SMILES string of the molecule is CCN1CCN(c2ccc(C(F)(F)F)cc2NC(=O)CSc2nnc(-c3cccc4ccccc34)o2)CC1. The van der Waals surface area contributed by atoms with Crippen LogP contribution in [0.25, 0.3) is 22.2 Å². The maximum atomic E-state index is 13.4. The summed E-state index contributed by atoms with van der Waals surface area (Å²) in [5, 5.41) is 13.0. The fraction of sp³-hybridized carbons (Fsp3) is 0.296. The molecule has 0 saturated carbocycles. The van der Waals surface area contributed by atoms with Gasteiger partial charge in [0.15, 0.2) is 0 Å². The van der Waals surface area contributed by atoms with E-state index in [1.54, 1.807) is 0 Å². The average molecular weight is 542 g/mol. The summed E-state index contributed by atoms with van der Waals surface area (Å²) in [5.41, 5.74) is 0.678. The first kappa shape index (κ1) is 26.1. The lowest BCUT2D eigenvalue weighted by Crippen LogP contribution is -2.46. The molecule has 0 atom stereocenters. The number of fused-ring (bicyclic) bond motifs is 1. The van der Waals surface area contributed by atoms with Crippen LogP contribution in [0.4, 0.5) is 24.5 Å². The van der Waals surface area contributed by atoms with Crippen LogP contribution in [0.15, 0.2) is 70.3 Å². The first-order valence-corrected chi connectivity index (χ1v) is 13.2. The van der Waals surface area contributed by atoms with Crippen LogP contribution in [0, 0.1) is 0 Å². The lowest BCUT2D eigenvalue weighted by Gasteiger charge is -2.36. The molecule has 1 amide bonds. The van der Waals surface area contributed by atoms with Crippen molar-refractivity contribution in [3.05, 3.63) is 66.2 Å². The normalized spacial score (nSPS) is 14.7. The Balaban J connectivity index is 1.29. The molecule has 0 spiro atoms. The monoisotopic (exact) mass is 541 g/mol. The highest BCUT2D eigenvalue weighted by atomic mass is 32.2. The predicted molar refractivity (Wildman–Crippen MR) is 142 cm³/mol. The molecular formula is C27H26F3N5O2S.